The highest BCUT2D eigenvalue weighted by molar-refractivity contribution is 5.77. The molecule has 1 fully saturated rings. The van der Waals surface area contributed by atoms with E-state index >= 15 is 0 Å². The Balaban J connectivity index is 1.75. The molecule has 0 amide bonds. The second-order valence-electron chi connectivity index (χ2n) is 5.74. The van der Waals surface area contributed by atoms with Gasteiger partial charge in [0.15, 0.2) is 5.96 Å². The summed E-state index contributed by atoms with van der Waals surface area (Å²) in [6.07, 6.45) is 4.37. The van der Waals surface area contributed by atoms with Crippen LogP contribution in [0.15, 0.2) is 23.3 Å². The summed E-state index contributed by atoms with van der Waals surface area (Å²) in [6, 6.07) is 3.87. The van der Waals surface area contributed by atoms with E-state index in [0.29, 0.717) is 24.3 Å². The molecule has 0 saturated heterocycles. The monoisotopic (exact) mass is 276 g/mol. The number of nitrogens with zero attached hydrogens (tertiary/aromatic N) is 2. The maximum Gasteiger partial charge on any atom is 0.213 e. The predicted molar refractivity (Wildman–Crippen MR) is 80.6 cm³/mol. The Kier molecular flexibility index (Phi) is 5.21. The molecule has 5 heteroatoms. The van der Waals surface area contributed by atoms with E-state index in [1.54, 1.807) is 6.20 Å². The van der Waals surface area contributed by atoms with Gasteiger partial charge in [0.25, 0.3) is 0 Å². The highest BCUT2D eigenvalue weighted by Gasteiger charge is 2.21. The number of ether oxygens (including phenoxy) is 1. The minimum atomic E-state index is 0.479. The average molecular weight is 276 g/mol. The van der Waals surface area contributed by atoms with Gasteiger partial charge in [0, 0.05) is 18.8 Å². The molecule has 2 rings (SSSR count). The number of nitrogens with one attached hydrogen (secondary N) is 1. The van der Waals surface area contributed by atoms with Crippen molar-refractivity contribution in [2.45, 2.75) is 33.2 Å². The van der Waals surface area contributed by atoms with Crippen LogP contribution in [0.5, 0.6) is 5.88 Å². The summed E-state index contributed by atoms with van der Waals surface area (Å²) in [5.74, 6) is 2.46. The lowest BCUT2D eigenvalue weighted by Gasteiger charge is -2.08. The van der Waals surface area contributed by atoms with Gasteiger partial charge in [-0.3, -0.25) is 0 Å². The normalized spacial score (nSPS) is 15.4. The van der Waals surface area contributed by atoms with E-state index in [-0.39, 0.29) is 0 Å². The third-order valence-electron chi connectivity index (χ3n) is 3.08. The summed E-state index contributed by atoms with van der Waals surface area (Å²) in [7, 11) is 0. The van der Waals surface area contributed by atoms with E-state index in [2.05, 4.69) is 29.1 Å². The summed E-state index contributed by atoms with van der Waals surface area (Å²) >= 11 is 0. The Bertz CT molecular complexity index is 438. The van der Waals surface area contributed by atoms with Crippen molar-refractivity contribution in [3.8, 4) is 5.88 Å². The van der Waals surface area contributed by atoms with Crippen molar-refractivity contribution in [3.63, 3.8) is 0 Å². The van der Waals surface area contributed by atoms with Crippen molar-refractivity contribution in [1.82, 2.24) is 10.3 Å². The Morgan fingerprint density at radius 3 is 2.90 bits per heavy atom. The van der Waals surface area contributed by atoms with Gasteiger partial charge in [-0.05, 0) is 30.2 Å². The van der Waals surface area contributed by atoms with Crippen LogP contribution in [0.3, 0.4) is 0 Å². The lowest BCUT2D eigenvalue weighted by Crippen LogP contribution is -2.34. The predicted octanol–water partition coefficient (Wildman–Crippen LogP) is 1.93. The zero-order chi connectivity index (χ0) is 14.4. The van der Waals surface area contributed by atoms with Crippen LogP contribution in [0, 0.1) is 11.8 Å². The summed E-state index contributed by atoms with van der Waals surface area (Å²) in [5.41, 5.74) is 6.81. The van der Waals surface area contributed by atoms with Gasteiger partial charge in [-0.1, -0.05) is 19.9 Å². The molecule has 0 atom stereocenters. The first-order valence-corrected chi connectivity index (χ1v) is 7.25. The molecule has 20 heavy (non-hydrogen) atoms. The van der Waals surface area contributed by atoms with Crippen LogP contribution < -0.4 is 15.8 Å². The molecule has 0 spiro atoms. The van der Waals surface area contributed by atoms with Crippen LogP contribution in [-0.4, -0.2) is 24.1 Å². The number of aliphatic imine (C=N–C) groups is 1. The van der Waals surface area contributed by atoms with Crippen molar-refractivity contribution in [1.29, 1.82) is 0 Å². The third kappa shape index (κ3) is 5.47. The van der Waals surface area contributed by atoms with Gasteiger partial charge in [0.05, 0.1) is 13.2 Å². The van der Waals surface area contributed by atoms with Crippen molar-refractivity contribution >= 4 is 5.96 Å². The first-order chi connectivity index (χ1) is 9.63. The molecule has 1 saturated carbocycles. The maximum absolute atomic E-state index is 5.78. The van der Waals surface area contributed by atoms with E-state index in [4.69, 9.17) is 10.5 Å². The quantitative estimate of drug-likeness (QED) is 0.589. The van der Waals surface area contributed by atoms with Gasteiger partial charge >= 0.3 is 0 Å². The van der Waals surface area contributed by atoms with E-state index in [1.165, 1.54) is 12.8 Å². The summed E-state index contributed by atoms with van der Waals surface area (Å²) in [5, 5.41) is 3.09. The highest BCUT2D eigenvalue weighted by atomic mass is 16.5. The number of guanidine groups is 1. The van der Waals surface area contributed by atoms with Gasteiger partial charge in [-0.25, -0.2) is 9.98 Å². The minimum Gasteiger partial charge on any atom is -0.477 e. The molecule has 3 N–H and O–H groups in total. The average Bonchev–Trinajstić information content (AvgIpc) is 3.26. The Morgan fingerprint density at radius 2 is 2.30 bits per heavy atom. The van der Waals surface area contributed by atoms with Crippen LogP contribution in [0.25, 0.3) is 0 Å². The fraction of sp³-hybridized carbons (Fsp3) is 0.600. The Morgan fingerprint density at radius 1 is 1.50 bits per heavy atom. The summed E-state index contributed by atoms with van der Waals surface area (Å²) < 4.78 is 5.59. The topological polar surface area (TPSA) is 72.5 Å². The molecule has 110 valence electrons. The standard InChI is InChI=1S/C15H24N4O/c1-11(2)7-18-15(16)19-9-13-5-6-14(17-8-13)20-10-12-3-4-12/h5-6,8,11-12H,3-4,7,9-10H2,1-2H3,(H3,16,18,19). The van der Waals surface area contributed by atoms with Gasteiger partial charge in [-0.15, -0.1) is 0 Å². The van der Waals surface area contributed by atoms with E-state index < -0.39 is 0 Å². The third-order valence-corrected chi connectivity index (χ3v) is 3.08. The molecular formula is C15H24N4O. The van der Waals surface area contributed by atoms with Crippen molar-refractivity contribution < 1.29 is 4.74 Å². The molecule has 0 aromatic carbocycles. The number of hydrogen-bond acceptors (Lipinski definition) is 3. The second-order valence-corrected chi connectivity index (χ2v) is 5.74. The second kappa shape index (κ2) is 7.12. The minimum absolute atomic E-state index is 0.479. The van der Waals surface area contributed by atoms with Crippen LogP contribution in [0.4, 0.5) is 0 Å². The number of rotatable bonds is 7. The van der Waals surface area contributed by atoms with Crippen LogP contribution in [0.1, 0.15) is 32.3 Å². The van der Waals surface area contributed by atoms with Gasteiger partial charge in [-0.2, -0.15) is 0 Å². The molecule has 0 bridgehead atoms. The first-order valence-electron chi connectivity index (χ1n) is 7.25. The van der Waals surface area contributed by atoms with Crippen LogP contribution >= 0.6 is 0 Å². The van der Waals surface area contributed by atoms with Crippen molar-refractivity contribution in [2.24, 2.45) is 22.6 Å². The lowest BCUT2D eigenvalue weighted by molar-refractivity contribution is 0.288. The molecule has 5 nitrogen and oxygen atoms in total. The number of nitrogens with two attached hydrogens (primary N) is 1. The van der Waals surface area contributed by atoms with Gasteiger partial charge < -0.3 is 15.8 Å². The maximum atomic E-state index is 5.78. The number of hydrogen-bond donors (Lipinski definition) is 2. The molecule has 0 aliphatic heterocycles. The van der Waals surface area contributed by atoms with Crippen LogP contribution in [-0.2, 0) is 6.54 Å². The highest BCUT2D eigenvalue weighted by Crippen LogP contribution is 2.29. The molecule has 1 heterocycles. The van der Waals surface area contributed by atoms with E-state index in [1.807, 2.05) is 12.1 Å². The van der Waals surface area contributed by atoms with Gasteiger partial charge in [0.2, 0.25) is 5.88 Å². The zero-order valence-corrected chi connectivity index (χ0v) is 12.3. The fourth-order valence-electron chi connectivity index (χ4n) is 1.62. The largest absolute Gasteiger partial charge is 0.477 e. The number of aromatic nitrogens is 1. The van der Waals surface area contributed by atoms with E-state index in [9.17, 15) is 0 Å². The Labute approximate surface area is 120 Å². The fourth-order valence-corrected chi connectivity index (χ4v) is 1.62. The lowest BCUT2D eigenvalue weighted by atomic mass is 10.2. The van der Waals surface area contributed by atoms with Crippen molar-refractivity contribution in [3.05, 3.63) is 23.9 Å². The Hall–Kier alpha value is -1.78. The smallest absolute Gasteiger partial charge is 0.213 e. The van der Waals surface area contributed by atoms with Crippen LogP contribution in [0.2, 0.25) is 0 Å². The zero-order valence-electron chi connectivity index (χ0n) is 12.3. The SMILES string of the molecule is CC(C)CNC(N)=NCc1ccc(OCC2CC2)nc1. The molecule has 1 aliphatic rings. The molecular weight excluding hydrogens is 252 g/mol. The summed E-state index contributed by atoms with van der Waals surface area (Å²) in [4.78, 5) is 8.56. The van der Waals surface area contributed by atoms with Gasteiger partial charge in [0.1, 0.15) is 0 Å². The van der Waals surface area contributed by atoms with E-state index in [0.717, 1.165) is 24.6 Å². The van der Waals surface area contributed by atoms with Crippen molar-refractivity contribution in [2.75, 3.05) is 13.2 Å². The molecule has 1 aliphatic carbocycles. The summed E-state index contributed by atoms with van der Waals surface area (Å²) in [6.45, 7) is 6.42. The molecule has 0 unspecified atom stereocenters. The first kappa shape index (κ1) is 14.6. The number of pyridine rings is 1. The molecule has 1 aromatic rings. The molecule has 1 aromatic heterocycles. The molecule has 0 radical (unpaired) electrons.